The van der Waals surface area contributed by atoms with Gasteiger partial charge in [0.15, 0.2) is 0 Å². The number of carbonyl (C=O) groups excluding carboxylic acids is 1. The van der Waals surface area contributed by atoms with Crippen molar-refractivity contribution in [2.45, 2.75) is 38.1 Å². The van der Waals surface area contributed by atoms with Gasteiger partial charge in [0.05, 0.1) is 6.04 Å². The van der Waals surface area contributed by atoms with Crippen molar-refractivity contribution in [2.24, 2.45) is 0 Å². The van der Waals surface area contributed by atoms with Gasteiger partial charge in [0, 0.05) is 6.54 Å². The summed E-state index contributed by atoms with van der Waals surface area (Å²) in [5.41, 5.74) is 0. The Morgan fingerprint density at radius 3 is 3.14 bits per heavy atom. The van der Waals surface area contributed by atoms with Crippen LogP contribution in [-0.2, 0) is 4.79 Å². The molecule has 0 aromatic rings. The Bertz CT molecular complexity index is 184. The van der Waals surface area contributed by atoms with Crippen molar-refractivity contribution in [1.82, 2.24) is 10.6 Å². The molecule has 0 aromatic carbocycles. The van der Waals surface area contributed by atoms with Crippen molar-refractivity contribution >= 4 is 5.91 Å². The minimum absolute atomic E-state index is 0.0299. The predicted octanol–water partition coefficient (Wildman–Crippen LogP) is 1.21. The molecule has 1 aliphatic heterocycles. The quantitative estimate of drug-likeness (QED) is 0.524. The lowest BCUT2D eigenvalue weighted by Gasteiger charge is -2.14. The highest BCUT2D eigenvalue weighted by molar-refractivity contribution is 5.81. The fraction of sp³-hybridized carbons (Fsp3) is 0.727. The Balaban J connectivity index is 2.23. The van der Waals surface area contributed by atoms with Gasteiger partial charge in [-0.15, -0.1) is 6.58 Å². The lowest BCUT2D eigenvalue weighted by Crippen LogP contribution is -2.43. The van der Waals surface area contributed by atoms with E-state index in [-0.39, 0.29) is 11.9 Å². The van der Waals surface area contributed by atoms with Gasteiger partial charge < -0.3 is 10.6 Å². The second-order valence-corrected chi connectivity index (χ2v) is 3.72. The van der Waals surface area contributed by atoms with E-state index in [0.29, 0.717) is 6.54 Å². The summed E-state index contributed by atoms with van der Waals surface area (Å²) in [6.07, 6.45) is 7.23. The van der Waals surface area contributed by atoms with Gasteiger partial charge in [0.1, 0.15) is 0 Å². The third-order valence-electron chi connectivity index (χ3n) is 2.52. The zero-order valence-corrected chi connectivity index (χ0v) is 8.72. The average molecular weight is 196 g/mol. The summed E-state index contributed by atoms with van der Waals surface area (Å²) >= 11 is 0. The predicted molar refractivity (Wildman–Crippen MR) is 58.1 cm³/mol. The van der Waals surface area contributed by atoms with Crippen molar-refractivity contribution in [3.63, 3.8) is 0 Å². The summed E-state index contributed by atoms with van der Waals surface area (Å²) in [5.74, 6) is 0.147. The van der Waals surface area contributed by atoms with Crippen molar-refractivity contribution in [1.29, 1.82) is 0 Å². The van der Waals surface area contributed by atoms with E-state index in [2.05, 4.69) is 17.2 Å². The molecule has 3 heteroatoms. The molecule has 1 aliphatic rings. The van der Waals surface area contributed by atoms with E-state index in [1.165, 1.54) is 12.8 Å². The van der Waals surface area contributed by atoms with E-state index in [1.54, 1.807) is 0 Å². The van der Waals surface area contributed by atoms with Crippen LogP contribution in [-0.4, -0.2) is 25.0 Å². The van der Waals surface area contributed by atoms with Crippen LogP contribution in [0.4, 0.5) is 0 Å². The maximum atomic E-state index is 11.6. The van der Waals surface area contributed by atoms with Crippen molar-refractivity contribution < 1.29 is 4.79 Å². The van der Waals surface area contributed by atoms with Gasteiger partial charge >= 0.3 is 0 Å². The number of hydrogen-bond acceptors (Lipinski definition) is 2. The van der Waals surface area contributed by atoms with Crippen LogP contribution >= 0.6 is 0 Å². The van der Waals surface area contributed by atoms with Crippen LogP contribution in [0, 0.1) is 0 Å². The summed E-state index contributed by atoms with van der Waals surface area (Å²) in [6.45, 7) is 5.30. The van der Waals surface area contributed by atoms with E-state index in [0.717, 1.165) is 25.8 Å². The van der Waals surface area contributed by atoms with Gasteiger partial charge in [-0.1, -0.05) is 18.9 Å². The molecule has 1 saturated heterocycles. The molecule has 0 radical (unpaired) electrons. The highest BCUT2D eigenvalue weighted by Crippen LogP contribution is 2.08. The van der Waals surface area contributed by atoms with Crippen LogP contribution in [0.1, 0.15) is 32.1 Å². The molecule has 1 fully saturated rings. The average Bonchev–Trinajstić information content (AvgIpc) is 2.46. The highest BCUT2D eigenvalue weighted by atomic mass is 16.2. The number of nitrogens with one attached hydrogen (secondary N) is 2. The molecule has 80 valence electrons. The van der Waals surface area contributed by atoms with E-state index in [9.17, 15) is 4.79 Å². The molecule has 2 N–H and O–H groups in total. The lowest BCUT2D eigenvalue weighted by molar-refractivity contribution is -0.123. The largest absolute Gasteiger partial charge is 0.354 e. The smallest absolute Gasteiger partial charge is 0.237 e. The van der Waals surface area contributed by atoms with Crippen LogP contribution < -0.4 is 10.6 Å². The Morgan fingerprint density at radius 2 is 2.36 bits per heavy atom. The van der Waals surface area contributed by atoms with E-state index in [4.69, 9.17) is 0 Å². The Morgan fingerprint density at radius 1 is 1.50 bits per heavy atom. The van der Waals surface area contributed by atoms with Gasteiger partial charge in [-0.05, 0) is 25.8 Å². The standard InChI is InChI=1S/C11H20N2O/c1-2-3-8-13-11(14)10-7-5-4-6-9-12-10/h2,10,12H,1,3-9H2,(H,13,14). The fourth-order valence-corrected chi connectivity index (χ4v) is 1.67. The molecule has 1 heterocycles. The van der Waals surface area contributed by atoms with Crippen LogP contribution in [0.15, 0.2) is 12.7 Å². The zero-order chi connectivity index (χ0) is 10.2. The minimum atomic E-state index is 0.0299. The number of rotatable bonds is 4. The molecule has 0 aromatic heterocycles. The van der Waals surface area contributed by atoms with Gasteiger partial charge in [0.2, 0.25) is 5.91 Å². The summed E-state index contributed by atoms with van der Waals surface area (Å²) < 4.78 is 0. The first-order valence-corrected chi connectivity index (χ1v) is 5.46. The molecule has 0 aliphatic carbocycles. The molecule has 1 amide bonds. The van der Waals surface area contributed by atoms with Gasteiger partial charge in [-0.2, -0.15) is 0 Å². The fourth-order valence-electron chi connectivity index (χ4n) is 1.67. The van der Waals surface area contributed by atoms with Gasteiger partial charge in [0.25, 0.3) is 0 Å². The summed E-state index contributed by atoms with van der Waals surface area (Å²) in [7, 11) is 0. The Labute approximate surface area is 86.0 Å². The van der Waals surface area contributed by atoms with Crippen LogP contribution in [0.3, 0.4) is 0 Å². The number of amides is 1. The molecule has 1 unspecified atom stereocenters. The summed E-state index contributed by atoms with van der Waals surface area (Å²) in [5, 5.41) is 6.18. The molecule has 14 heavy (non-hydrogen) atoms. The minimum Gasteiger partial charge on any atom is -0.354 e. The Kier molecular flexibility index (Phi) is 5.30. The number of carbonyl (C=O) groups is 1. The second kappa shape index (κ2) is 6.60. The molecular weight excluding hydrogens is 176 g/mol. The first-order valence-electron chi connectivity index (χ1n) is 5.46. The molecule has 0 spiro atoms. The van der Waals surface area contributed by atoms with Crippen LogP contribution in [0.5, 0.6) is 0 Å². The van der Waals surface area contributed by atoms with Gasteiger partial charge in [-0.25, -0.2) is 0 Å². The summed E-state index contributed by atoms with van der Waals surface area (Å²) in [4.78, 5) is 11.6. The third kappa shape index (κ3) is 3.92. The van der Waals surface area contributed by atoms with Crippen molar-refractivity contribution in [3.8, 4) is 0 Å². The lowest BCUT2D eigenvalue weighted by atomic mass is 10.1. The number of hydrogen-bond donors (Lipinski definition) is 2. The van der Waals surface area contributed by atoms with Crippen LogP contribution in [0.25, 0.3) is 0 Å². The molecule has 0 bridgehead atoms. The maximum Gasteiger partial charge on any atom is 0.237 e. The third-order valence-corrected chi connectivity index (χ3v) is 2.52. The topological polar surface area (TPSA) is 41.1 Å². The SMILES string of the molecule is C=CCCNC(=O)C1CCCCCN1. The first-order chi connectivity index (χ1) is 6.84. The van der Waals surface area contributed by atoms with E-state index in [1.807, 2.05) is 6.08 Å². The normalized spacial score (nSPS) is 22.4. The van der Waals surface area contributed by atoms with Crippen LogP contribution in [0.2, 0.25) is 0 Å². The molecule has 1 atom stereocenters. The summed E-state index contributed by atoms with van der Waals surface area (Å²) in [6, 6.07) is 0.0299. The second-order valence-electron chi connectivity index (χ2n) is 3.72. The van der Waals surface area contributed by atoms with Crippen molar-refractivity contribution in [3.05, 3.63) is 12.7 Å². The zero-order valence-electron chi connectivity index (χ0n) is 8.72. The monoisotopic (exact) mass is 196 g/mol. The molecular formula is C11H20N2O. The van der Waals surface area contributed by atoms with E-state index < -0.39 is 0 Å². The molecule has 0 saturated carbocycles. The molecule has 1 rings (SSSR count). The van der Waals surface area contributed by atoms with E-state index >= 15 is 0 Å². The van der Waals surface area contributed by atoms with Gasteiger partial charge in [-0.3, -0.25) is 4.79 Å². The molecule has 3 nitrogen and oxygen atoms in total. The first kappa shape index (κ1) is 11.2. The maximum absolute atomic E-state index is 11.6. The van der Waals surface area contributed by atoms with Crippen molar-refractivity contribution in [2.75, 3.05) is 13.1 Å². The Hall–Kier alpha value is -0.830. The highest BCUT2D eigenvalue weighted by Gasteiger charge is 2.18.